The fourth-order valence-corrected chi connectivity index (χ4v) is 2.32. The summed E-state index contributed by atoms with van der Waals surface area (Å²) in [4.78, 5) is 11.6. The normalized spacial score (nSPS) is 9.95. The van der Waals surface area contributed by atoms with E-state index in [0.717, 1.165) is 14.7 Å². The molecule has 0 N–H and O–H groups in total. The van der Waals surface area contributed by atoms with E-state index in [2.05, 4.69) is 34.6 Å². The van der Waals surface area contributed by atoms with Gasteiger partial charge in [0.05, 0.1) is 0 Å². The second-order valence-corrected chi connectivity index (χ2v) is 5.15. The summed E-state index contributed by atoms with van der Waals surface area (Å²) in [5.41, 5.74) is 2.04. The molecule has 1 aromatic heterocycles. The van der Waals surface area contributed by atoms with E-state index in [1.54, 1.807) is 12.1 Å². The molecule has 1 heterocycles. The van der Waals surface area contributed by atoms with Crippen LogP contribution in [-0.4, -0.2) is 12.6 Å². The SMILES string of the molecule is C#CCOC(=O)c1ccc(-c2ccc(I)cc2C)o1. The lowest BCUT2D eigenvalue weighted by Gasteiger charge is -2.03. The zero-order valence-corrected chi connectivity index (χ0v) is 12.4. The van der Waals surface area contributed by atoms with Crippen molar-refractivity contribution in [3.8, 4) is 23.7 Å². The number of benzene rings is 1. The monoisotopic (exact) mass is 366 g/mol. The average molecular weight is 366 g/mol. The standard InChI is InChI=1S/C15H11IO3/c1-3-8-18-15(17)14-7-6-13(19-14)12-5-4-11(16)9-10(12)2/h1,4-7,9H,8H2,2H3. The molecule has 0 radical (unpaired) electrons. The van der Waals surface area contributed by atoms with Gasteiger partial charge in [0.25, 0.3) is 0 Å². The Morgan fingerprint density at radius 3 is 2.89 bits per heavy atom. The van der Waals surface area contributed by atoms with E-state index in [9.17, 15) is 4.79 Å². The van der Waals surface area contributed by atoms with E-state index < -0.39 is 5.97 Å². The summed E-state index contributed by atoms with van der Waals surface area (Å²) in [6.07, 6.45) is 5.03. The van der Waals surface area contributed by atoms with Gasteiger partial charge >= 0.3 is 5.97 Å². The number of hydrogen-bond acceptors (Lipinski definition) is 3. The van der Waals surface area contributed by atoms with Crippen LogP contribution in [-0.2, 0) is 4.74 Å². The van der Waals surface area contributed by atoms with E-state index in [1.807, 2.05) is 19.1 Å². The quantitative estimate of drug-likeness (QED) is 0.473. The van der Waals surface area contributed by atoms with Crippen LogP contribution in [0.4, 0.5) is 0 Å². The third-order valence-corrected chi connectivity index (χ3v) is 3.22. The average Bonchev–Trinajstić information content (AvgIpc) is 2.85. The highest BCUT2D eigenvalue weighted by Gasteiger charge is 2.14. The Labute approximate surface area is 125 Å². The summed E-state index contributed by atoms with van der Waals surface area (Å²) < 4.78 is 11.5. The van der Waals surface area contributed by atoms with E-state index in [4.69, 9.17) is 15.6 Å². The van der Waals surface area contributed by atoms with Crippen LogP contribution in [0.1, 0.15) is 16.1 Å². The first-order valence-electron chi connectivity index (χ1n) is 5.59. The molecule has 0 fully saturated rings. The zero-order chi connectivity index (χ0) is 13.8. The van der Waals surface area contributed by atoms with Crippen LogP contribution in [0, 0.1) is 22.8 Å². The highest BCUT2D eigenvalue weighted by Crippen LogP contribution is 2.27. The van der Waals surface area contributed by atoms with Gasteiger partial charge in [-0.25, -0.2) is 4.79 Å². The van der Waals surface area contributed by atoms with Crippen LogP contribution in [0.5, 0.6) is 0 Å². The molecule has 0 aliphatic rings. The molecule has 0 amide bonds. The summed E-state index contributed by atoms with van der Waals surface area (Å²) >= 11 is 2.25. The Balaban J connectivity index is 2.26. The number of aryl methyl sites for hydroxylation is 1. The molecule has 3 nitrogen and oxygen atoms in total. The third-order valence-electron chi connectivity index (χ3n) is 2.55. The lowest BCUT2D eigenvalue weighted by molar-refractivity contribution is 0.0521. The van der Waals surface area contributed by atoms with Gasteiger partial charge in [0, 0.05) is 9.13 Å². The molecule has 1 aromatic carbocycles. The summed E-state index contributed by atoms with van der Waals surface area (Å²) in [6, 6.07) is 9.34. The maximum absolute atomic E-state index is 11.6. The fraction of sp³-hybridized carbons (Fsp3) is 0.133. The lowest BCUT2D eigenvalue weighted by Crippen LogP contribution is -2.03. The maximum atomic E-state index is 11.6. The molecule has 0 saturated carbocycles. The van der Waals surface area contributed by atoms with Crippen LogP contribution in [0.2, 0.25) is 0 Å². The Hall–Kier alpha value is -1.74. The number of furan rings is 1. The first-order chi connectivity index (χ1) is 9.11. The number of rotatable bonds is 3. The Morgan fingerprint density at radius 1 is 1.42 bits per heavy atom. The van der Waals surface area contributed by atoms with Gasteiger partial charge in [-0.05, 0) is 65.4 Å². The maximum Gasteiger partial charge on any atom is 0.375 e. The van der Waals surface area contributed by atoms with Crippen LogP contribution in [0.25, 0.3) is 11.3 Å². The molecule has 0 saturated heterocycles. The minimum atomic E-state index is -0.549. The van der Waals surface area contributed by atoms with Gasteiger partial charge in [0.1, 0.15) is 5.76 Å². The molecular formula is C15H11IO3. The Kier molecular flexibility index (Phi) is 4.27. The van der Waals surface area contributed by atoms with Gasteiger partial charge in [-0.3, -0.25) is 0 Å². The molecule has 0 unspecified atom stereocenters. The lowest BCUT2D eigenvalue weighted by atomic mass is 10.1. The summed E-state index contributed by atoms with van der Waals surface area (Å²) in [7, 11) is 0. The molecule has 2 aromatic rings. The van der Waals surface area contributed by atoms with Gasteiger partial charge in [-0.15, -0.1) is 6.42 Å². The number of hydrogen-bond donors (Lipinski definition) is 0. The highest BCUT2D eigenvalue weighted by atomic mass is 127. The van der Waals surface area contributed by atoms with Crippen molar-refractivity contribution in [1.29, 1.82) is 0 Å². The van der Waals surface area contributed by atoms with E-state index in [-0.39, 0.29) is 12.4 Å². The van der Waals surface area contributed by atoms with Crippen molar-refractivity contribution in [2.24, 2.45) is 0 Å². The number of halogens is 1. The molecule has 0 aliphatic carbocycles. The molecule has 2 rings (SSSR count). The summed E-state index contributed by atoms with van der Waals surface area (Å²) in [5, 5.41) is 0. The topological polar surface area (TPSA) is 39.4 Å². The van der Waals surface area contributed by atoms with Crippen LogP contribution in [0.3, 0.4) is 0 Å². The zero-order valence-electron chi connectivity index (χ0n) is 10.3. The Morgan fingerprint density at radius 2 is 2.21 bits per heavy atom. The van der Waals surface area contributed by atoms with E-state index in [1.165, 1.54) is 0 Å². The number of carbonyl (C=O) groups excluding carboxylic acids is 1. The second kappa shape index (κ2) is 5.93. The van der Waals surface area contributed by atoms with Crippen molar-refractivity contribution in [2.45, 2.75) is 6.92 Å². The molecule has 19 heavy (non-hydrogen) atoms. The molecule has 0 aliphatic heterocycles. The number of esters is 1. The molecule has 96 valence electrons. The van der Waals surface area contributed by atoms with Gasteiger partial charge in [-0.1, -0.05) is 5.92 Å². The predicted octanol–water partition coefficient (Wildman–Crippen LogP) is 3.65. The van der Waals surface area contributed by atoms with Crippen molar-refractivity contribution in [3.63, 3.8) is 0 Å². The van der Waals surface area contributed by atoms with Crippen LogP contribution < -0.4 is 0 Å². The number of ether oxygens (including phenoxy) is 1. The van der Waals surface area contributed by atoms with E-state index >= 15 is 0 Å². The van der Waals surface area contributed by atoms with Crippen molar-refractivity contribution >= 4 is 28.6 Å². The number of carbonyl (C=O) groups is 1. The van der Waals surface area contributed by atoms with Crippen LogP contribution >= 0.6 is 22.6 Å². The van der Waals surface area contributed by atoms with Crippen LogP contribution in [0.15, 0.2) is 34.7 Å². The minimum absolute atomic E-state index is 0.0581. The van der Waals surface area contributed by atoms with Crippen molar-refractivity contribution in [2.75, 3.05) is 6.61 Å². The largest absolute Gasteiger partial charge is 0.449 e. The summed E-state index contributed by atoms with van der Waals surface area (Å²) in [5.74, 6) is 2.48. The first-order valence-corrected chi connectivity index (χ1v) is 6.66. The predicted molar refractivity (Wildman–Crippen MR) is 80.7 cm³/mol. The Bertz CT molecular complexity index is 650. The second-order valence-electron chi connectivity index (χ2n) is 3.90. The number of terminal acetylenes is 1. The van der Waals surface area contributed by atoms with E-state index in [0.29, 0.717) is 5.76 Å². The van der Waals surface area contributed by atoms with Gasteiger partial charge < -0.3 is 9.15 Å². The molecule has 0 bridgehead atoms. The smallest absolute Gasteiger partial charge is 0.375 e. The highest BCUT2D eigenvalue weighted by molar-refractivity contribution is 14.1. The van der Waals surface area contributed by atoms with Gasteiger partial charge in [0.15, 0.2) is 6.61 Å². The minimum Gasteiger partial charge on any atom is -0.449 e. The molecule has 4 heteroatoms. The fourth-order valence-electron chi connectivity index (χ4n) is 1.67. The van der Waals surface area contributed by atoms with Gasteiger partial charge in [-0.2, -0.15) is 0 Å². The van der Waals surface area contributed by atoms with Crippen molar-refractivity contribution < 1.29 is 13.9 Å². The first kappa shape index (κ1) is 13.7. The van der Waals surface area contributed by atoms with Crippen molar-refractivity contribution in [1.82, 2.24) is 0 Å². The molecule has 0 atom stereocenters. The van der Waals surface area contributed by atoms with Crippen molar-refractivity contribution in [3.05, 3.63) is 45.2 Å². The summed E-state index contributed by atoms with van der Waals surface area (Å²) in [6.45, 7) is 1.94. The molecular weight excluding hydrogens is 355 g/mol. The third kappa shape index (κ3) is 3.18. The van der Waals surface area contributed by atoms with Gasteiger partial charge in [0.2, 0.25) is 5.76 Å². The molecule has 0 spiro atoms.